The van der Waals surface area contributed by atoms with E-state index in [0.717, 1.165) is 19.4 Å². The lowest BCUT2D eigenvalue weighted by atomic mass is 9.84. The summed E-state index contributed by atoms with van der Waals surface area (Å²) in [6.45, 7) is 9.42. The second-order valence-corrected chi connectivity index (χ2v) is 11.5. The maximum Gasteiger partial charge on any atom is 0.350 e. The van der Waals surface area contributed by atoms with E-state index in [9.17, 15) is 9.18 Å². The first kappa shape index (κ1) is 23.9. The third kappa shape index (κ3) is 4.05. The first-order chi connectivity index (χ1) is 17.5. The summed E-state index contributed by atoms with van der Waals surface area (Å²) in [4.78, 5) is 24.0. The summed E-state index contributed by atoms with van der Waals surface area (Å²) < 4.78 is 23.7. The zero-order valence-electron chi connectivity index (χ0n) is 21.9. The van der Waals surface area contributed by atoms with Crippen molar-refractivity contribution in [2.75, 3.05) is 17.2 Å². The molecule has 2 saturated heterocycles. The average Bonchev–Trinajstić information content (AvgIpc) is 3.42. The Hall–Kier alpha value is -3.47. The molecule has 1 aromatic carbocycles. The van der Waals surface area contributed by atoms with Crippen LogP contribution in [0, 0.1) is 5.82 Å². The van der Waals surface area contributed by atoms with Crippen molar-refractivity contribution in [1.82, 2.24) is 29.2 Å². The molecule has 6 rings (SSSR count). The van der Waals surface area contributed by atoms with Gasteiger partial charge in [-0.1, -0.05) is 0 Å². The van der Waals surface area contributed by atoms with Gasteiger partial charge in [0, 0.05) is 30.4 Å². The fraction of sp³-hybridized carbons (Fsp3) is 0.538. The van der Waals surface area contributed by atoms with Crippen LogP contribution in [0.1, 0.15) is 59.2 Å². The second-order valence-electron chi connectivity index (χ2n) is 11.5. The SMILES string of the molecule is Cn1nc2n(c1=O)-c1cc(Nc3ncc(F)c(N[C@@H]4C[C@@H]5CCCN5C(C)(C)C4)n3)ccc1OC2(C)C. The number of aromatic nitrogens is 5. The van der Waals surface area contributed by atoms with Gasteiger partial charge >= 0.3 is 5.69 Å². The molecule has 3 aromatic rings. The number of halogens is 1. The molecule has 5 heterocycles. The number of nitrogens with zero attached hydrogens (tertiary/aromatic N) is 6. The Labute approximate surface area is 214 Å². The number of aryl methyl sites for hydroxylation is 1. The number of fused-ring (bicyclic) bond motifs is 4. The van der Waals surface area contributed by atoms with Gasteiger partial charge in [0.15, 0.2) is 23.1 Å². The van der Waals surface area contributed by atoms with E-state index >= 15 is 0 Å². The number of nitrogens with one attached hydrogen (secondary N) is 2. The maximum atomic E-state index is 14.7. The molecule has 0 aliphatic carbocycles. The van der Waals surface area contributed by atoms with E-state index in [4.69, 9.17) is 4.74 Å². The molecule has 3 aliphatic heterocycles. The van der Waals surface area contributed by atoms with Crippen molar-refractivity contribution in [3.05, 3.63) is 46.5 Å². The number of benzene rings is 1. The minimum absolute atomic E-state index is 0.0602. The van der Waals surface area contributed by atoms with Gasteiger partial charge in [-0.2, -0.15) is 10.1 Å². The predicted octanol–water partition coefficient (Wildman–Crippen LogP) is 3.69. The van der Waals surface area contributed by atoms with Gasteiger partial charge in [0.1, 0.15) is 5.75 Å². The third-order valence-electron chi connectivity index (χ3n) is 7.83. The number of rotatable bonds is 4. The minimum atomic E-state index is -0.758. The predicted molar refractivity (Wildman–Crippen MR) is 138 cm³/mol. The van der Waals surface area contributed by atoms with E-state index in [2.05, 4.69) is 44.4 Å². The van der Waals surface area contributed by atoms with E-state index in [0.29, 0.717) is 29.0 Å². The molecule has 2 fully saturated rings. The van der Waals surface area contributed by atoms with E-state index in [-0.39, 0.29) is 29.0 Å². The van der Waals surface area contributed by atoms with Gasteiger partial charge in [-0.15, -0.1) is 0 Å². The topological polar surface area (TPSA) is 102 Å². The Morgan fingerprint density at radius 2 is 2.03 bits per heavy atom. The quantitative estimate of drug-likeness (QED) is 0.550. The first-order valence-corrected chi connectivity index (χ1v) is 12.8. The van der Waals surface area contributed by atoms with Gasteiger partial charge < -0.3 is 15.4 Å². The van der Waals surface area contributed by atoms with Crippen LogP contribution in [0.3, 0.4) is 0 Å². The molecule has 0 unspecified atom stereocenters. The van der Waals surface area contributed by atoms with E-state index in [1.165, 1.54) is 23.7 Å². The highest BCUT2D eigenvalue weighted by molar-refractivity contribution is 5.64. The molecule has 0 amide bonds. The molecule has 2 aromatic heterocycles. The molecule has 2 atom stereocenters. The van der Waals surface area contributed by atoms with Crippen LogP contribution < -0.4 is 21.1 Å². The van der Waals surface area contributed by atoms with Crippen molar-refractivity contribution in [3.63, 3.8) is 0 Å². The Bertz CT molecular complexity index is 1430. The first-order valence-electron chi connectivity index (χ1n) is 12.8. The van der Waals surface area contributed by atoms with Crippen molar-refractivity contribution >= 4 is 17.5 Å². The lowest BCUT2D eigenvalue weighted by molar-refractivity contribution is 0.0500. The fourth-order valence-corrected chi connectivity index (χ4v) is 6.22. The summed E-state index contributed by atoms with van der Waals surface area (Å²) in [5.74, 6) is 1.06. The smallest absolute Gasteiger partial charge is 0.350 e. The fourth-order valence-electron chi connectivity index (χ4n) is 6.22. The highest BCUT2D eigenvalue weighted by atomic mass is 19.1. The van der Waals surface area contributed by atoms with Crippen molar-refractivity contribution in [2.24, 2.45) is 7.05 Å². The van der Waals surface area contributed by atoms with E-state index in [1.54, 1.807) is 23.7 Å². The number of anilines is 3. The number of hydrogen-bond donors (Lipinski definition) is 2. The summed E-state index contributed by atoms with van der Waals surface area (Å²) >= 11 is 0. The molecule has 11 heteroatoms. The van der Waals surface area contributed by atoms with Gasteiger partial charge in [0.2, 0.25) is 5.95 Å². The molecule has 0 saturated carbocycles. The maximum absolute atomic E-state index is 14.7. The summed E-state index contributed by atoms with van der Waals surface area (Å²) in [6, 6.07) is 6.05. The van der Waals surface area contributed by atoms with Crippen LogP contribution in [0.4, 0.5) is 21.8 Å². The molecule has 37 heavy (non-hydrogen) atoms. The molecular weight excluding hydrogens is 475 g/mol. The van der Waals surface area contributed by atoms with Crippen molar-refractivity contribution in [1.29, 1.82) is 0 Å². The van der Waals surface area contributed by atoms with Gasteiger partial charge in [0.05, 0.1) is 11.9 Å². The highest BCUT2D eigenvalue weighted by Gasteiger charge is 2.43. The largest absolute Gasteiger partial charge is 0.478 e. The monoisotopic (exact) mass is 508 g/mol. The molecule has 0 spiro atoms. The Morgan fingerprint density at radius 1 is 1.22 bits per heavy atom. The Morgan fingerprint density at radius 3 is 2.84 bits per heavy atom. The lowest BCUT2D eigenvalue weighted by Crippen LogP contribution is -2.55. The van der Waals surface area contributed by atoms with Crippen molar-refractivity contribution < 1.29 is 9.13 Å². The van der Waals surface area contributed by atoms with Crippen LogP contribution in [-0.2, 0) is 12.6 Å². The highest BCUT2D eigenvalue weighted by Crippen LogP contribution is 2.40. The normalized spacial score (nSPS) is 23.5. The summed E-state index contributed by atoms with van der Waals surface area (Å²) in [6.07, 6.45) is 5.47. The molecule has 10 nitrogen and oxygen atoms in total. The van der Waals surface area contributed by atoms with Crippen LogP contribution in [0.5, 0.6) is 5.75 Å². The molecular formula is C26H33FN8O2. The summed E-state index contributed by atoms with van der Waals surface area (Å²) in [5, 5.41) is 10.9. The zero-order chi connectivity index (χ0) is 26.1. The van der Waals surface area contributed by atoms with E-state index < -0.39 is 11.4 Å². The summed E-state index contributed by atoms with van der Waals surface area (Å²) in [5.41, 5.74) is 0.257. The number of ether oxygens (including phenoxy) is 1. The van der Waals surface area contributed by atoms with Gasteiger partial charge in [-0.25, -0.2) is 23.4 Å². The molecule has 0 bridgehead atoms. The van der Waals surface area contributed by atoms with Crippen molar-refractivity contribution in [2.45, 2.75) is 76.6 Å². The van der Waals surface area contributed by atoms with Crippen molar-refractivity contribution in [3.8, 4) is 11.4 Å². The Balaban J connectivity index is 1.26. The molecule has 196 valence electrons. The lowest BCUT2D eigenvalue weighted by Gasteiger charge is -2.47. The van der Waals surface area contributed by atoms with Gasteiger partial charge in [-0.05, 0) is 78.1 Å². The average molecular weight is 509 g/mol. The van der Waals surface area contributed by atoms with Crippen LogP contribution in [0.15, 0.2) is 29.2 Å². The van der Waals surface area contributed by atoms with Crippen LogP contribution >= 0.6 is 0 Å². The number of hydrogen-bond acceptors (Lipinski definition) is 8. The minimum Gasteiger partial charge on any atom is -0.478 e. The van der Waals surface area contributed by atoms with Gasteiger partial charge in [0.25, 0.3) is 0 Å². The third-order valence-corrected chi connectivity index (χ3v) is 7.83. The number of piperidine rings is 1. The van der Waals surface area contributed by atoms with Crippen LogP contribution in [0.25, 0.3) is 5.69 Å². The zero-order valence-corrected chi connectivity index (χ0v) is 21.9. The van der Waals surface area contributed by atoms with Gasteiger partial charge in [-0.3, -0.25) is 4.90 Å². The second kappa shape index (κ2) is 8.27. The summed E-state index contributed by atoms with van der Waals surface area (Å²) in [7, 11) is 1.62. The standard InChI is InChI=1S/C26H33FN8O2/c1-25(2)13-16(11-17-7-6-10-34(17)25)29-21-18(27)14-28-23(31-21)30-15-8-9-20-19(12-15)35-22(26(3,4)37-20)32-33(5)24(35)36/h8-9,12,14,16-17H,6-7,10-11,13H2,1-5H3,(H2,28,29,30,31)/t16-,17+/m1/s1. The molecule has 2 N–H and O–H groups in total. The Kier molecular flexibility index (Phi) is 5.34. The molecule has 3 aliphatic rings. The molecule has 0 radical (unpaired) electrons. The van der Waals surface area contributed by atoms with E-state index in [1.807, 2.05) is 19.9 Å². The van der Waals surface area contributed by atoms with Crippen LogP contribution in [0.2, 0.25) is 0 Å². The van der Waals surface area contributed by atoms with Crippen LogP contribution in [-0.4, -0.2) is 53.4 Å².